The van der Waals surface area contributed by atoms with E-state index in [0.29, 0.717) is 0 Å². The molecule has 130 valence electrons. The SMILES string of the molecule is N#CC=CS(=O)(=O)c1ccc(NS(=O)(=O)c2ccc(CCl)cc2)cc1. The maximum atomic E-state index is 12.3. The summed E-state index contributed by atoms with van der Waals surface area (Å²) in [4.78, 5) is 0.0171. The van der Waals surface area contributed by atoms with Gasteiger partial charge in [-0.3, -0.25) is 4.72 Å². The Morgan fingerprint density at radius 1 is 0.960 bits per heavy atom. The lowest BCUT2D eigenvalue weighted by atomic mass is 10.2. The first kappa shape index (κ1) is 19.0. The maximum absolute atomic E-state index is 12.3. The van der Waals surface area contributed by atoms with Crippen LogP contribution in [0.3, 0.4) is 0 Å². The Hall–Kier alpha value is -2.34. The third-order valence-corrected chi connectivity index (χ3v) is 6.27. The lowest BCUT2D eigenvalue weighted by Crippen LogP contribution is -2.13. The first-order chi connectivity index (χ1) is 11.8. The number of rotatable bonds is 6. The summed E-state index contributed by atoms with van der Waals surface area (Å²) < 4.78 is 50.8. The lowest BCUT2D eigenvalue weighted by molar-refractivity contribution is 0.601. The van der Waals surface area contributed by atoms with Gasteiger partial charge in [0.25, 0.3) is 10.0 Å². The van der Waals surface area contributed by atoms with Gasteiger partial charge in [0.05, 0.1) is 15.9 Å². The molecule has 2 rings (SSSR count). The average Bonchev–Trinajstić information content (AvgIpc) is 2.60. The highest BCUT2D eigenvalue weighted by atomic mass is 35.5. The molecular weight excluding hydrogens is 384 g/mol. The Morgan fingerprint density at radius 3 is 2.04 bits per heavy atom. The molecule has 0 aliphatic heterocycles. The molecule has 1 N–H and O–H groups in total. The molecule has 0 bridgehead atoms. The van der Waals surface area contributed by atoms with Crippen LogP contribution < -0.4 is 4.72 Å². The minimum absolute atomic E-state index is 0.0478. The maximum Gasteiger partial charge on any atom is 0.261 e. The summed E-state index contributed by atoms with van der Waals surface area (Å²) in [6.45, 7) is 0. The number of sulfonamides is 1. The molecule has 25 heavy (non-hydrogen) atoms. The van der Waals surface area contributed by atoms with Crippen molar-refractivity contribution in [1.82, 2.24) is 0 Å². The van der Waals surface area contributed by atoms with Crippen molar-refractivity contribution in [3.8, 4) is 6.07 Å². The normalized spacial score (nSPS) is 12.0. The van der Waals surface area contributed by atoms with Crippen molar-refractivity contribution in [2.75, 3.05) is 4.72 Å². The largest absolute Gasteiger partial charge is 0.280 e. The van der Waals surface area contributed by atoms with Crippen LogP contribution in [-0.2, 0) is 25.7 Å². The second-order valence-electron chi connectivity index (χ2n) is 4.88. The minimum Gasteiger partial charge on any atom is -0.280 e. The number of allylic oxidation sites excluding steroid dienone is 1. The van der Waals surface area contributed by atoms with E-state index in [1.807, 2.05) is 0 Å². The van der Waals surface area contributed by atoms with Gasteiger partial charge in [0, 0.05) is 23.1 Å². The van der Waals surface area contributed by atoms with Crippen LogP contribution in [0.1, 0.15) is 5.56 Å². The fourth-order valence-corrected chi connectivity index (χ4v) is 4.03. The number of benzene rings is 2. The van der Waals surface area contributed by atoms with Gasteiger partial charge >= 0.3 is 0 Å². The van der Waals surface area contributed by atoms with Crippen molar-refractivity contribution in [3.63, 3.8) is 0 Å². The fourth-order valence-electron chi connectivity index (χ4n) is 1.88. The van der Waals surface area contributed by atoms with Gasteiger partial charge in [-0.1, -0.05) is 12.1 Å². The Bertz CT molecular complexity index is 1020. The van der Waals surface area contributed by atoms with E-state index < -0.39 is 19.9 Å². The molecule has 0 saturated heterocycles. The van der Waals surface area contributed by atoms with Gasteiger partial charge in [0.1, 0.15) is 0 Å². The summed E-state index contributed by atoms with van der Waals surface area (Å²) >= 11 is 5.67. The topological polar surface area (TPSA) is 104 Å². The van der Waals surface area contributed by atoms with Crippen LogP contribution in [0.4, 0.5) is 5.69 Å². The lowest BCUT2D eigenvalue weighted by Gasteiger charge is -2.09. The zero-order valence-electron chi connectivity index (χ0n) is 12.8. The molecule has 0 fully saturated rings. The highest BCUT2D eigenvalue weighted by molar-refractivity contribution is 7.94. The van der Waals surface area contributed by atoms with Gasteiger partial charge in [0.15, 0.2) is 0 Å². The number of anilines is 1. The molecule has 2 aromatic carbocycles. The zero-order valence-corrected chi connectivity index (χ0v) is 15.1. The highest BCUT2D eigenvalue weighted by Gasteiger charge is 2.15. The molecule has 2 aromatic rings. The van der Waals surface area contributed by atoms with Crippen molar-refractivity contribution < 1.29 is 16.8 Å². The van der Waals surface area contributed by atoms with Gasteiger partial charge in [-0.15, -0.1) is 11.6 Å². The Balaban J connectivity index is 2.23. The predicted octanol–water partition coefficient (Wildman–Crippen LogP) is 3.04. The van der Waals surface area contributed by atoms with Crippen molar-refractivity contribution in [2.45, 2.75) is 15.7 Å². The van der Waals surface area contributed by atoms with E-state index in [9.17, 15) is 16.8 Å². The standard InChI is InChI=1S/C16H13ClN2O4S2/c17-12-13-2-6-16(7-3-13)25(22,23)19-14-4-8-15(9-5-14)24(20,21)11-1-10-18/h1-9,11,19H,12H2. The number of nitrogens with one attached hydrogen (secondary N) is 1. The fraction of sp³-hybridized carbons (Fsp3) is 0.0625. The summed E-state index contributed by atoms with van der Waals surface area (Å²) in [7, 11) is -7.54. The number of nitriles is 1. The third kappa shape index (κ3) is 4.82. The molecule has 6 nitrogen and oxygen atoms in total. The molecule has 0 spiro atoms. The summed E-state index contributed by atoms with van der Waals surface area (Å²) in [5, 5.41) is 9.19. The summed E-state index contributed by atoms with van der Waals surface area (Å²) in [5.74, 6) is 0.282. The summed E-state index contributed by atoms with van der Waals surface area (Å²) in [5.41, 5.74) is 1.00. The molecule has 9 heteroatoms. The summed E-state index contributed by atoms with van der Waals surface area (Å²) in [6.07, 6.45) is 0.858. The number of hydrogen-bond acceptors (Lipinski definition) is 5. The van der Waals surface area contributed by atoms with Crippen molar-refractivity contribution >= 4 is 37.1 Å². The molecule has 0 saturated carbocycles. The number of hydrogen-bond donors (Lipinski definition) is 1. The van der Waals surface area contributed by atoms with E-state index in [1.54, 1.807) is 18.2 Å². The van der Waals surface area contributed by atoms with E-state index in [2.05, 4.69) is 4.72 Å². The molecule has 0 aliphatic carbocycles. The molecule has 0 heterocycles. The predicted molar refractivity (Wildman–Crippen MR) is 95.2 cm³/mol. The van der Waals surface area contributed by atoms with Crippen LogP contribution in [0.5, 0.6) is 0 Å². The minimum atomic E-state index is -3.80. The molecule has 0 atom stereocenters. The monoisotopic (exact) mass is 396 g/mol. The molecule has 0 amide bonds. The van der Waals surface area contributed by atoms with E-state index in [1.165, 1.54) is 36.4 Å². The van der Waals surface area contributed by atoms with Crippen molar-refractivity contribution in [3.05, 3.63) is 65.6 Å². The smallest absolute Gasteiger partial charge is 0.261 e. The van der Waals surface area contributed by atoms with Crippen LogP contribution >= 0.6 is 11.6 Å². The molecule has 0 unspecified atom stereocenters. The van der Waals surface area contributed by atoms with Gasteiger partial charge in [-0.05, 0) is 42.0 Å². The van der Waals surface area contributed by atoms with Gasteiger partial charge in [-0.25, -0.2) is 16.8 Å². The van der Waals surface area contributed by atoms with Gasteiger partial charge in [0.2, 0.25) is 9.84 Å². The van der Waals surface area contributed by atoms with E-state index in [4.69, 9.17) is 16.9 Å². The third-order valence-electron chi connectivity index (χ3n) is 3.14. The van der Waals surface area contributed by atoms with Crippen molar-refractivity contribution in [2.24, 2.45) is 0 Å². The first-order valence-corrected chi connectivity index (χ1v) is 10.4. The quantitative estimate of drug-likeness (QED) is 0.596. The zero-order chi connectivity index (χ0) is 18.5. The number of halogens is 1. The van der Waals surface area contributed by atoms with Gasteiger partial charge < -0.3 is 0 Å². The average molecular weight is 397 g/mol. The molecule has 0 radical (unpaired) electrons. The van der Waals surface area contributed by atoms with Crippen LogP contribution in [-0.4, -0.2) is 16.8 Å². The Labute approximate surface area is 151 Å². The molecule has 0 aliphatic rings. The van der Waals surface area contributed by atoms with E-state index in [0.717, 1.165) is 17.0 Å². The Kier molecular flexibility index (Phi) is 5.85. The van der Waals surface area contributed by atoms with Crippen LogP contribution in [0.2, 0.25) is 0 Å². The van der Waals surface area contributed by atoms with Crippen LogP contribution in [0.25, 0.3) is 0 Å². The van der Waals surface area contributed by atoms with E-state index >= 15 is 0 Å². The van der Waals surface area contributed by atoms with E-state index in [-0.39, 0.29) is 21.4 Å². The van der Waals surface area contributed by atoms with Crippen molar-refractivity contribution in [1.29, 1.82) is 5.26 Å². The van der Waals surface area contributed by atoms with Gasteiger partial charge in [-0.2, -0.15) is 5.26 Å². The number of alkyl halides is 1. The molecular formula is C16H13ClN2O4S2. The first-order valence-electron chi connectivity index (χ1n) is 6.87. The second-order valence-corrected chi connectivity index (χ2v) is 8.67. The van der Waals surface area contributed by atoms with Crippen LogP contribution in [0, 0.1) is 11.3 Å². The Morgan fingerprint density at radius 2 is 1.52 bits per heavy atom. The molecule has 0 aromatic heterocycles. The second kappa shape index (κ2) is 7.70. The van der Waals surface area contributed by atoms with Crippen LogP contribution in [0.15, 0.2) is 69.8 Å². The highest BCUT2D eigenvalue weighted by Crippen LogP contribution is 2.20. The number of nitrogens with zero attached hydrogens (tertiary/aromatic N) is 1. The summed E-state index contributed by atoms with van der Waals surface area (Å²) in [6, 6.07) is 12.9. The number of sulfone groups is 1.